The molecule has 3 N–H and O–H groups in total. The van der Waals surface area contributed by atoms with Crippen molar-refractivity contribution in [3.8, 4) is 5.75 Å². The number of primary sulfonamides is 1. The number of amides is 1. The van der Waals surface area contributed by atoms with Crippen molar-refractivity contribution >= 4 is 26.7 Å². The van der Waals surface area contributed by atoms with E-state index in [1.807, 2.05) is 42.5 Å². The molecule has 0 heterocycles. The second-order valence-corrected chi connectivity index (χ2v) is 7.33. The normalized spacial score (nSPS) is 11.3. The highest BCUT2D eigenvalue weighted by Gasteiger charge is 2.17. The highest BCUT2D eigenvalue weighted by molar-refractivity contribution is 7.89. The van der Waals surface area contributed by atoms with Crippen LogP contribution >= 0.6 is 0 Å². The number of ether oxygens (including phenoxy) is 1. The van der Waals surface area contributed by atoms with Gasteiger partial charge in [0.05, 0.1) is 17.6 Å². The fourth-order valence-corrected chi connectivity index (χ4v) is 3.21. The van der Waals surface area contributed by atoms with Crippen LogP contribution in [0.2, 0.25) is 0 Å². The summed E-state index contributed by atoms with van der Waals surface area (Å²) >= 11 is 0. The number of nitrogens with one attached hydrogen (secondary N) is 1. The SMILES string of the molecule is COc1ccc(S(N)(=O)=O)cc1C(=O)NCc1ccc2ccccc2c1. The van der Waals surface area contributed by atoms with Gasteiger partial charge in [-0.2, -0.15) is 0 Å². The Morgan fingerprint density at radius 3 is 2.46 bits per heavy atom. The smallest absolute Gasteiger partial charge is 0.255 e. The zero-order chi connectivity index (χ0) is 18.7. The number of carbonyl (C=O) groups is 1. The minimum atomic E-state index is -3.91. The first-order valence-corrected chi connectivity index (χ1v) is 9.40. The Bertz CT molecular complexity index is 1080. The Morgan fingerprint density at radius 1 is 1.04 bits per heavy atom. The quantitative estimate of drug-likeness (QED) is 0.720. The highest BCUT2D eigenvalue weighted by Crippen LogP contribution is 2.22. The lowest BCUT2D eigenvalue weighted by molar-refractivity contribution is 0.0947. The Hall–Kier alpha value is -2.90. The Morgan fingerprint density at radius 2 is 1.77 bits per heavy atom. The van der Waals surface area contributed by atoms with Crippen LogP contribution in [0.1, 0.15) is 15.9 Å². The van der Waals surface area contributed by atoms with Gasteiger partial charge < -0.3 is 10.1 Å². The average Bonchev–Trinajstić information content (AvgIpc) is 2.64. The number of hydrogen-bond donors (Lipinski definition) is 2. The minimum absolute atomic E-state index is 0.111. The predicted octanol–water partition coefficient (Wildman–Crippen LogP) is 2.43. The standard InChI is InChI=1S/C19H18N2O4S/c1-25-18-9-8-16(26(20,23)24)11-17(18)19(22)21-12-13-6-7-14-4-2-3-5-15(14)10-13/h2-11H,12H2,1H3,(H,21,22)(H2,20,23,24). The lowest BCUT2D eigenvalue weighted by Crippen LogP contribution is -2.24. The zero-order valence-corrected chi connectivity index (χ0v) is 14.9. The van der Waals surface area contributed by atoms with Crippen LogP contribution in [-0.4, -0.2) is 21.4 Å². The van der Waals surface area contributed by atoms with E-state index in [9.17, 15) is 13.2 Å². The van der Waals surface area contributed by atoms with Gasteiger partial charge >= 0.3 is 0 Å². The molecule has 0 aliphatic carbocycles. The van der Waals surface area contributed by atoms with Gasteiger partial charge in [-0.25, -0.2) is 13.6 Å². The molecule has 0 unspecified atom stereocenters. The third kappa shape index (κ3) is 3.84. The number of fused-ring (bicyclic) bond motifs is 1. The fraction of sp³-hybridized carbons (Fsp3) is 0.105. The summed E-state index contributed by atoms with van der Waals surface area (Å²) in [6.45, 7) is 0.298. The van der Waals surface area contributed by atoms with E-state index >= 15 is 0 Å². The number of benzene rings is 3. The first-order valence-electron chi connectivity index (χ1n) is 7.85. The van der Waals surface area contributed by atoms with Gasteiger partial charge in [0, 0.05) is 6.54 Å². The van der Waals surface area contributed by atoms with E-state index in [4.69, 9.17) is 9.88 Å². The summed E-state index contributed by atoms with van der Waals surface area (Å²) in [5.41, 5.74) is 1.04. The van der Waals surface area contributed by atoms with Gasteiger partial charge in [-0.3, -0.25) is 4.79 Å². The number of sulfonamides is 1. The number of hydrogen-bond acceptors (Lipinski definition) is 4. The largest absolute Gasteiger partial charge is 0.496 e. The molecule has 1 amide bonds. The van der Waals surface area contributed by atoms with E-state index < -0.39 is 15.9 Å². The maximum atomic E-state index is 12.5. The number of rotatable bonds is 5. The first-order chi connectivity index (χ1) is 12.4. The number of methoxy groups -OCH3 is 1. The molecule has 0 fully saturated rings. The van der Waals surface area contributed by atoms with Crippen LogP contribution in [0.5, 0.6) is 5.75 Å². The van der Waals surface area contributed by atoms with Gasteiger partial charge in [-0.05, 0) is 40.6 Å². The number of nitrogens with two attached hydrogens (primary N) is 1. The van der Waals surface area contributed by atoms with E-state index in [2.05, 4.69) is 5.32 Å². The summed E-state index contributed by atoms with van der Waals surface area (Å²) in [7, 11) is -2.50. The molecular weight excluding hydrogens is 352 g/mol. The van der Waals surface area contributed by atoms with E-state index in [-0.39, 0.29) is 16.2 Å². The van der Waals surface area contributed by atoms with Crippen molar-refractivity contribution in [3.63, 3.8) is 0 Å². The summed E-state index contributed by atoms with van der Waals surface area (Å²) in [6, 6.07) is 17.8. The second kappa shape index (κ2) is 7.15. The molecule has 0 aliphatic rings. The summed E-state index contributed by atoms with van der Waals surface area (Å²) < 4.78 is 28.2. The topological polar surface area (TPSA) is 98.5 Å². The fourth-order valence-electron chi connectivity index (χ4n) is 2.67. The van der Waals surface area contributed by atoms with Crippen LogP contribution in [0, 0.1) is 0 Å². The molecule has 3 aromatic rings. The van der Waals surface area contributed by atoms with Crippen LogP contribution in [0.25, 0.3) is 10.8 Å². The van der Waals surface area contributed by atoms with Gasteiger partial charge in [0.2, 0.25) is 10.0 Å². The van der Waals surface area contributed by atoms with Crippen molar-refractivity contribution in [2.45, 2.75) is 11.4 Å². The number of carbonyl (C=O) groups excluding carboxylic acids is 1. The van der Waals surface area contributed by atoms with Crippen LogP contribution in [0.3, 0.4) is 0 Å². The molecule has 0 spiro atoms. The predicted molar refractivity (Wildman–Crippen MR) is 99.5 cm³/mol. The van der Waals surface area contributed by atoms with Crippen LogP contribution < -0.4 is 15.2 Å². The molecule has 134 valence electrons. The van der Waals surface area contributed by atoms with Crippen LogP contribution in [0.15, 0.2) is 65.6 Å². The molecular formula is C19H18N2O4S. The molecule has 3 aromatic carbocycles. The second-order valence-electron chi connectivity index (χ2n) is 5.77. The third-order valence-electron chi connectivity index (χ3n) is 4.01. The minimum Gasteiger partial charge on any atom is -0.496 e. The maximum absolute atomic E-state index is 12.5. The molecule has 0 atom stereocenters. The van der Waals surface area contributed by atoms with Gasteiger partial charge in [0.1, 0.15) is 5.75 Å². The van der Waals surface area contributed by atoms with E-state index in [0.29, 0.717) is 6.54 Å². The van der Waals surface area contributed by atoms with Crippen molar-refractivity contribution < 1.29 is 17.9 Å². The Labute approximate surface area is 151 Å². The summed E-state index contributed by atoms with van der Waals surface area (Å²) in [4.78, 5) is 12.4. The van der Waals surface area contributed by atoms with Crippen molar-refractivity contribution in [3.05, 3.63) is 71.8 Å². The average molecular weight is 370 g/mol. The molecule has 6 nitrogen and oxygen atoms in total. The van der Waals surface area contributed by atoms with Crippen molar-refractivity contribution in [1.29, 1.82) is 0 Å². The lowest BCUT2D eigenvalue weighted by atomic mass is 10.1. The van der Waals surface area contributed by atoms with Crippen LogP contribution in [-0.2, 0) is 16.6 Å². The molecule has 0 saturated heterocycles. The molecule has 7 heteroatoms. The Balaban J connectivity index is 1.82. The molecule has 0 saturated carbocycles. The van der Waals surface area contributed by atoms with E-state index in [1.54, 1.807) is 0 Å². The van der Waals surface area contributed by atoms with Gasteiger partial charge in [-0.15, -0.1) is 0 Å². The summed E-state index contributed by atoms with van der Waals surface area (Å²) in [5, 5.41) is 10.1. The molecule has 0 aromatic heterocycles. The van der Waals surface area contributed by atoms with Crippen molar-refractivity contribution in [2.75, 3.05) is 7.11 Å². The van der Waals surface area contributed by atoms with E-state index in [0.717, 1.165) is 16.3 Å². The van der Waals surface area contributed by atoms with Crippen molar-refractivity contribution in [2.24, 2.45) is 5.14 Å². The lowest BCUT2D eigenvalue weighted by Gasteiger charge is -2.11. The van der Waals surface area contributed by atoms with Gasteiger partial charge in [0.15, 0.2) is 0 Å². The molecule has 0 radical (unpaired) electrons. The molecule has 0 bridgehead atoms. The highest BCUT2D eigenvalue weighted by atomic mass is 32.2. The molecule has 3 rings (SSSR count). The van der Waals surface area contributed by atoms with Gasteiger partial charge in [-0.1, -0.05) is 36.4 Å². The summed E-state index contributed by atoms with van der Waals surface area (Å²) in [6.07, 6.45) is 0. The first kappa shape index (κ1) is 17.9. The molecule has 26 heavy (non-hydrogen) atoms. The Kier molecular flexibility index (Phi) is 4.92. The van der Waals surface area contributed by atoms with Crippen LogP contribution in [0.4, 0.5) is 0 Å². The monoisotopic (exact) mass is 370 g/mol. The summed E-state index contributed by atoms with van der Waals surface area (Å²) in [5.74, 6) is -0.172. The van der Waals surface area contributed by atoms with E-state index in [1.165, 1.54) is 25.3 Å². The van der Waals surface area contributed by atoms with Gasteiger partial charge in [0.25, 0.3) is 5.91 Å². The third-order valence-corrected chi connectivity index (χ3v) is 4.92. The molecule has 0 aliphatic heterocycles. The maximum Gasteiger partial charge on any atom is 0.255 e. The van der Waals surface area contributed by atoms with Crippen molar-refractivity contribution in [1.82, 2.24) is 5.32 Å². The zero-order valence-electron chi connectivity index (χ0n) is 14.1.